The van der Waals surface area contributed by atoms with Crippen LogP contribution in [0, 0.1) is 11.8 Å². The lowest BCUT2D eigenvalue weighted by Crippen LogP contribution is -2.53. The summed E-state index contributed by atoms with van der Waals surface area (Å²) in [6, 6.07) is 0.00179. The number of aliphatic hydroxyl groups excluding tert-OH is 2. The molecule has 1 saturated heterocycles. The number of ether oxygens (including phenoxy) is 3. The van der Waals surface area contributed by atoms with E-state index in [0.29, 0.717) is 36.3 Å². The monoisotopic (exact) mass is 587 g/mol. The largest absolute Gasteiger partial charge is 0.418 e. The molecular weight excluding hydrogens is 526 g/mol. The second-order valence-corrected chi connectivity index (χ2v) is 18.3. The van der Waals surface area contributed by atoms with Crippen LogP contribution in [0.25, 0.3) is 0 Å². The molecule has 0 spiro atoms. The first-order chi connectivity index (χ1) is 18.7. The SMILES string of the molecule is CC(C)N(C(=O)O/C=C\[C@@H](CCOC1CCCCO1)[C@H](O)[C@@H](C)[C@@H](CO)O[Si](C(C)C)(C(C)C)C(C)C)C(C)C. The molecule has 0 saturated carbocycles. The Balaban J connectivity index is 3.12. The molecule has 1 rings (SSSR count). The fourth-order valence-corrected chi connectivity index (χ4v) is 12.1. The second kappa shape index (κ2) is 17.9. The van der Waals surface area contributed by atoms with Gasteiger partial charge in [-0.25, -0.2) is 4.79 Å². The Bertz CT molecular complexity index is 707. The zero-order valence-electron chi connectivity index (χ0n) is 27.3. The Morgan fingerprint density at radius 1 is 0.975 bits per heavy atom. The molecule has 0 bridgehead atoms. The first-order valence-corrected chi connectivity index (χ1v) is 17.7. The van der Waals surface area contributed by atoms with Gasteiger partial charge in [-0.3, -0.25) is 0 Å². The molecule has 1 aliphatic rings. The first-order valence-electron chi connectivity index (χ1n) is 15.6. The van der Waals surface area contributed by atoms with Crippen LogP contribution in [0.4, 0.5) is 4.79 Å². The number of rotatable bonds is 17. The van der Waals surface area contributed by atoms with Crippen LogP contribution in [0.2, 0.25) is 16.6 Å². The zero-order valence-corrected chi connectivity index (χ0v) is 28.3. The van der Waals surface area contributed by atoms with Crippen LogP contribution in [0.3, 0.4) is 0 Å². The highest BCUT2D eigenvalue weighted by molar-refractivity contribution is 6.77. The van der Waals surface area contributed by atoms with Gasteiger partial charge in [-0.05, 0) is 76.1 Å². The Kier molecular flexibility index (Phi) is 16.5. The minimum Gasteiger partial charge on any atom is -0.418 e. The van der Waals surface area contributed by atoms with E-state index in [4.69, 9.17) is 18.6 Å². The predicted octanol–water partition coefficient (Wildman–Crippen LogP) is 6.86. The molecule has 0 aromatic carbocycles. The smallest absolute Gasteiger partial charge is 0.415 e. The van der Waals surface area contributed by atoms with E-state index in [9.17, 15) is 15.0 Å². The molecule has 1 unspecified atom stereocenters. The van der Waals surface area contributed by atoms with Crippen molar-refractivity contribution >= 4 is 14.4 Å². The molecule has 1 aliphatic heterocycles. The van der Waals surface area contributed by atoms with Crippen molar-refractivity contribution in [1.82, 2.24) is 4.90 Å². The van der Waals surface area contributed by atoms with Gasteiger partial charge in [0, 0.05) is 30.5 Å². The summed E-state index contributed by atoms with van der Waals surface area (Å²) >= 11 is 0. The number of hydrogen-bond acceptors (Lipinski definition) is 7. The summed E-state index contributed by atoms with van der Waals surface area (Å²) in [5.74, 6) is -0.726. The van der Waals surface area contributed by atoms with E-state index in [1.165, 1.54) is 6.26 Å². The molecule has 1 amide bonds. The van der Waals surface area contributed by atoms with Crippen molar-refractivity contribution in [2.45, 2.75) is 149 Å². The number of hydrogen-bond donors (Lipinski definition) is 2. The second-order valence-electron chi connectivity index (χ2n) is 12.9. The van der Waals surface area contributed by atoms with Crippen LogP contribution in [-0.2, 0) is 18.6 Å². The van der Waals surface area contributed by atoms with Gasteiger partial charge in [-0.2, -0.15) is 0 Å². The van der Waals surface area contributed by atoms with Crippen LogP contribution < -0.4 is 0 Å². The first kappa shape index (κ1) is 37.1. The van der Waals surface area contributed by atoms with Crippen molar-refractivity contribution in [1.29, 1.82) is 0 Å². The Labute approximate surface area is 245 Å². The van der Waals surface area contributed by atoms with Gasteiger partial charge in [0.1, 0.15) is 0 Å². The molecular formula is C31H61NO7Si. The summed E-state index contributed by atoms with van der Waals surface area (Å²) in [5.41, 5.74) is 1.07. The fraction of sp³-hybridized carbons (Fsp3) is 0.903. The lowest BCUT2D eigenvalue weighted by molar-refractivity contribution is -0.165. The van der Waals surface area contributed by atoms with Gasteiger partial charge in [0.25, 0.3) is 0 Å². The van der Waals surface area contributed by atoms with Crippen molar-refractivity contribution in [3.05, 3.63) is 12.3 Å². The maximum Gasteiger partial charge on any atom is 0.415 e. The third-order valence-electron chi connectivity index (χ3n) is 8.52. The predicted molar refractivity (Wildman–Crippen MR) is 164 cm³/mol. The van der Waals surface area contributed by atoms with Crippen LogP contribution in [0.15, 0.2) is 12.3 Å². The summed E-state index contributed by atoms with van der Waals surface area (Å²) in [4.78, 5) is 14.4. The molecule has 1 fully saturated rings. The van der Waals surface area contributed by atoms with E-state index in [1.807, 2.05) is 34.6 Å². The highest BCUT2D eigenvalue weighted by atomic mass is 28.4. The van der Waals surface area contributed by atoms with Gasteiger partial charge in [0.15, 0.2) is 6.29 Å². The highest BCUT2D eigenvalue weighted by Crippen LogP contribution is 2.44. The summed E-state index contributed by atoms with van der Waals surface area (Å²) in [7, 11) is -2.28. The summed E-state index contributed by atoms with van der Waals surface area (Å²) in [5, 5.41) is 22.1. The van der Waals surface area contributed by atoms with E-state index in [0.717, 1.165) is 19.3 Å². The molecule has 2 N–H and O–H groups in total. The van der Waals surface area contributed by atoms with E-state index in [-0.39, 0.29) is 36.8 Å². The van der Waals surface area contributed by atoms with Crippen LogP contribution >= 0.6 is 0 Å². The van der Waals surface area contributed by atoms with Crippen LogP contribution in [0.1, 0.15) is 102 Å². The molecule has 9 heteroatoms. The Hall–Kier alpha value is -0.973. The van der Waals surface area contributed by atoms with E-state index >= 15 is 0 Å². The van der Waals surface area contributed by atoms with Gasteiger partial charge in [-0.1, -0.05) is 48.5 Å². The Morgan fingerprint density at radius 2 is 1.55 bits per heavy atom. The minimum absolute atomic E-state index is 0.000897. The zero-order chi connectivity index (χ0) is 30.6. The summed E-state index contributed by atoms with van der Waals surface area (Å²) < 4.78 is 24.1. The van der Waals surface area contributed by atoms with Crippen LogP contribution in [0.5, 0.6) is 0 Å². The van der Waals surface area contributed by atoms with Crippen molar-refractivity contribution in [3.63, 3.8) is 0 Å². The fourth-order valence-electron chi connectivity index (χ4n) is 6.43. The standard InChI is InChI=1S/C31H61NO7Si/c1-21(2)32(22(3)4)31(35)38-19-16-27(15-18-37-29-14-12-13-17-36-29)30(34)26(11)28(20-33)39-40(23(5)6,24(7)8)25(9)10/h16,19,21-30,33-34H,12-15,17-18,20H2,1-11H3/b19-16-/t26-,27+,28+,29?,30+/m0/s1. The van der Waals surface area contributed by atoms with E-state index in [2.05, 4.69) is 41.5 Å². The average molecular weight is 588 g/mol. The van der Waals surface area contributed by atoms with Gasteiger partial charge >= 0.3 is 6.09 Å². The lowest BCUT2D eigenvalue weighted by atomic mass is 9.86. The van der Waals surface area contributed by atoms with Gasteiger partial charge < -0.3 is 33.7 Å². The molecule has 0 aromatic rings. The molecule has 236 valence electrons. The molecule has 40 heavy (non-hydrogen) atoms. The molecule has 0 aliphatic carbocycles. The molecule has 0 aromatic heterocycles. The lowest BCUT2D eigenvalue weighted by Gasteiger charge is -2.46. The number of aliphatic hydroxyl groups is 2. The number of amides is 1. The Morgan fingerprint density at radius 3 is 2.00 bits per heavy atom. The topological polar surface area (TPSA) is 97.7 Å². The molecule has 5 atom stereocenters. The molecule has 0 radical (unpaired) electrons. The third kappa shape index (κ3) is 10.4. The van der Waals surface area contributed by atoms with Crippen molar-refractivity contribution in [3.8, 4) is 0 Å². The quantitative estimate of drug-likeness (QED) is 0.142. The molecule has 8 nitrogen and oxygen atoms in total. The van der Waals surface area contributed by atoms with Crippen molar-refractivity contribution in [2.24, 2.45) is 11.8 Å². The van der Waals surface area contributed by atoms with Crippen molar-refractivity contribution < 1.29 is 33.6 Å². The minimum atomic E-state index is -2.28. The highest BCUT2D eigenvalue weighted by Gasteiger charge is 2.48. The third-order valence-corrected chi connectivity index (χ3v) is 14.6. The van der Waals surface area contributed by atoms with Crippen molar-refractivity contribution in [2.75, 3.05) is 19.8 Å². The number of nitrogens with zero attached hydrogens (tertiary/aromatic N) is 1. The number of carbonyl (C=O) groups is 1. The van der Waals surface area contributed by atoms with E-state index in [1.54, 1.807) is 11.0 Å². The molecule has 1 heterocycles. The van der Waals surface area contributed by atoms with E-state index < -0.39 is 26.6 Å². The summed E-state index contributed by atoms with van der Waals surface area (Å²) in [6.45, 7) is 23.9. The maximum absolute atomic E-state index is 12.7. The van der Waals surface area contributed by atoms with Gasteiger partial charge in [-0.15, -0.1) is 0 Å². The van der Waals surface area contributed by atoms with Crippen LogP contribution in [-0.4, -0.2) is 79.9 Å². The number of carbonyl (C=O) groups excluding carboxylic acids is 1. The maximum atomic E-state index is 12.7. The average Bonchev–Trinajstić information content (AvgIpc) is 2.87. The summed E-state index contributed by atoms with van der Waals surface area (Å²) in [6.07, 6.45) is 4.65. The van der Waals surface area contributed by atoms with Gasteiger partial charge in [0.05, 0.1) is 31.7 Å². The van der Waals surface area contributed by atoms with Gasteiger partial charge in [0.2, 0.25) is 8.32 Å². The normalized spacial score (nSPS) is 20.1.